The van der Waals surface area contributed by atoms with E-state index in [1.54, 1.807) is 37.4 Å². The summed E-state index contributed by atoms with van der Waals surface area (Å²) in [4.78, 5) is 13.1. The second kappa shape index (κ2) is 12.6. The zero-order valence-electron chi connectivity index (χ0n) is 23.7. The number of hydrogen-bond acceptors (Lipinski definition) is 5. The highest BCUT2D eigenvalue weighted by Crippen LogP contribution is 2.32. The van der Waals surface area contributed by atoms with Crippen LogP contribution in [0, 0.1) is 27.7 Å². The highest BCUT2D eigenvalue weighted by Gasteiger charge is 2.29. The minimum Gasteiger partial charge on any atom is -0.492 e. The Morgan fingerprint density at radius 3 is 2.44 bits per heavy atom. The lowest BCUT2D eigenvalue weighted by atomic mass is 10.1. The van der Waals surface area contributed by atoms with Crippen molar-refractivity contribution in [2.24, 2.45) is 5.10 Å². The number of amides is 1. The van der Waals surface area contributed by atoms with Gasteiger partial charge in [0.2, 0.25) is 0 Å². The van der Waals surface area contributed by atoms with Crippen molar-refractivity contribution in [3.63, 3.8) is 0 Å². The zero-order chi connectivity index (χ0) is 29.7. The number of sulfonamides is 1. The Bertz CT molecular complexity index is 1700. The molecule has 0 saturated carbocycles. The minimum absolute atomic E-state index is 0.0108. The zero-order valence-corrected chi connectivity index (χ0v) is 25.3. The molecule has 0 saturated heterocycles. The number of nitrogens with zero attached hydrogens (tertiary/aromatic N) is 3. The Morgan fingerprint density at radius 2 is 1.73 bits per heavy atom. The number of ether oxygens (including phenoxy) is 1. The summed E-state index contributed by atoms with van der Waals surface area (Å²) in [5.41, 5.74) is 8.92. The Morgan fingerprint density at radius 1 is 1.02 bits per heavy atom. The highest BCUT2D eigenvalue weighted by molar-refractivity contribution is 7.92. The van der Waals surface area contributed by atoms with E-state index in [0.717, 1.165) is 38.1 Å². The van der Waals surface area contributed by atoms with Gasteiger partial charge < -0.3 is 9.30 Å². The fraction of sp³-hybridized carbons (Fsp3) is 0.226. The van der Waals surface area contributed by atoms with Gasteiger partial charge in [-0.25, -0.2) is 13.8 Å². The van der Waals surface area contributed by atoms with Crippen LogP contribution in [0.4, 0.5) is 5.69 Å². The molecule has 41 heavy (non-hydrogen) atoms. The first-order chi connectivity index (χ1) is 19.5. The Balaban J connectivity index is 1.60. The molecule has 0 spiro atoms. The van der Waals surface area contributed by atoms with Crippen LogP contribution in [0.25, 0.3) is 5.69 Å². The van der Waals surface area contributed by atoms with Crippen LogP contribution >= 0.6 is 11.6 Å². The Labute approximate surface area is 246 Å². The van der Waals surface area contributed by atoms with Crippen LogP contribution in [-0.4, -0.2) is 38.3 Å². The average Bonchev–Trinajstić information content (AvgIpc) is 3.21. The second-order valence-electron chi connectivity index (χ2n) is 9.61. The summed E-state index contributed by atoms with van der Waals surface area (Å²) in [6, 6.07) is 20.7. The number of aryl methyl sites for hydroxylation is 3. The lowest BCUT2D eigenvalue weighted by Crippen LogP contribution is -2.39. The number of benzene rings is 3. The first-order valence-corrected chi connectivity index (χ1v) is 14.9. The van der Waals surface area contributed by atoms with Crippen molar-refractivity contribution < 1.29 is 17.9 Å². The quantitative estimate of drug-likeness (QED) is 0.178. The second-order valence-corrected chi connectivity index (χ2v) is 11.9. The number of carbonyl (C=O) groups excluding carboxylic acids is 1. The first-order valence-electron chi connectivity index (χ1n) is 13.1. The van der Waals surface area contributed by atoms with Gasteiger partial charge in [-0.1, -0.05) is 35.9 Å². The molecule has 10 heteroatoms. The largest absolute Gasteiger partial charge is 0.492 e. The van der Waals surface area contributed by atoms with Crippen LogP contribution in [-0.2, 0) is 14.8 Å². The van der Waals surface area contributed by atoms with E-state index in [4.69, 9.17) is 16.3 Å². The normalized spacial score (nSPS) is 11.6. The van der Waals surface area contributed by atoms with Gasteiger partial charge in [0.15, 0.2) is 0 Å². The van der Waals surface area contributed by atoms with Crippen LogP contribution in [0.3, 0.4) is 0 Å². The van der Waals surface area contributed by atoms with E-state index in [2.05, 4.69) is 47.1 Å². The van der Waals surface area contributed by atoms with E-state index in [0.29, 0.717) is 17.4 Å². The van der Waals surface area contributed by atoms with Crippen molar-refractivity contribution in [2.75, 3.05) is 17.5 Å². The summed E-state index contributed by atoms with van der Waals surface area (Å²) >= 11 is 5.98. The van der Waals surface area contributed by atoms with Gasteiger partial charge >= 0.3 is 0 Å². The number of aromatic nitrogens is 1. The predicted molar refractivity (Wildman–Crippen MR) is 164 cm³/mol. The first kappa shape index (κ1) is 29.9. The number of nitrogens with one attached hydrogen (secondary N) is 1. The van der Waals surface area contributed by atoms with E-state index in [1.807, 2.05) is 19.9 Å². The maximum absolute atomic E-state index is 13.7. The van der Waals surface area contributed by atoms with E-state index >= 15 is 0 Å². The van der Waals surface area contributed by atoms with Crippen LogP contribution in [0.5, 0.6) is 5.75 Å². The van der Waals surface area contributed by atoms with Gasteiger partial charge in [0.05, 0.1) is 23.4 Å². The van der Waals surface area contributed by atoms with Crippen LogP contribution < -0.4 is 14.5 Å². The van der Waals surface area contributed by atoms with Crippen LogP contribution in [0.15, 0.2) is 82.8 Å². The lowest BCUT2D eigenvalue weighted by molar-refractivity contribution is -0.119. The lowest BCUT2D eigenvalue weighted by Gasteiger charge is -2.25. The summed E-state index contributed by atoms with van der Waals surface area (Å²) in [6.07, 6.45) is 1.56. The molecule has 0 aliphatic rings. The average molecular weight is 593 g/mol. The van der Waals surface area contributed by atoms with Crippen molar-refractivity contribution in [1.82, 2.24) is 9.99 Å². The number of halogens is 1. The summed E-state index contributed by atoms with van der Waals surface area (Å²) in [5.74, 6) is -0.281. The maximum atomic E-state index is 13.7. The van der Waals surface area contributed by atoms with Gasteiger partial charge in [-0.2, -0.15) is 5.10 Å². The standard InChI is InChI=1S/C31H33ClN4O4S/c1-6-40-30-10-8-7-9-28(30)35(41(38,39)27-15-13-26(32)14-16-27)20-31(37)34-33-19-25-18-23(4)36(24(25)5)29-17-21(2)11-12-22(29)3/h7-19H,6,20H2,1-5H3,(H,34,37)/b33-19-. The van der Waals surface area contributed by atoms with Crippen molar-refractivity contribution >= 4 is 39.4 Å². The fourth-order valence-corrected chi connectivity index (χ4v) is 6.12. The maximum Gasteiger partial charge on any atom is 0.264 e. The number of hydrazone groups is 1. The van der Waals surface area contributed by atoms with Gasteiger partial charge in [-0.3, -0.25) is 9.10 Å². The topological polar surface area (TPSA) is 93.0 Å². The molecule has 0 bridgehead atoms. The molecule has 0 unspecified atom stereocenters. The molecule has 0 aliphatic heterocycles. The molecule has 0 aliphatic carbocycles. The van der Waals surface area contributed by atoms with Crippen molar-refractivity contribution in [1.29, 1.82) is 0 Å². The molecule has 0 fully saturated rings. The summed E-state index contributed by atoms with van der Waals surface area (Å²) in [7, 11) is -4.15. The molecule has 4 aromatic rings. The molecule has 1 N–H and O–H groups in total. The van der Waals surface area contributed by atoms with E-state index in [1.165, 1.54) is 24.3 Å². The predicted octanol–water partition coefficient (Wildman–Crippen LogP) is 6.11. The third-order valence-corrected chi connectivity index (χ3v) is 8.62. The Kier molecular flexibility index (Phi) is 9.20. The third-order valence-electron chi connectivity index (χ3n) is 6.59. The molecular weight excluding hydrogens is 560 g/mol. The third kappa shape index (κ3) is 6.64. The van der Waals surface area contributed by atoms with Gasteiger partial charge in [0.25, 0.3) is 15.9 Å². The molecule has 3 aromatic carbocycles. The molecule has 0 radical (unpaired) electrons. The molecule has 1 amide bonds. The van der Waals surface area contributed by atoms with Crippen molar-refractivity contribution in [3.8, 4) is 11.4 Å². The van der Waals surface area contributed by atoms with Crippen molar-refractivity contribution in [2.45, 2.75) is 39.5 Å². The van der Waals surface area contributed by atoms with Crippen LogP contribution in [0.2, 0.25) is 5.02 Å². The number of para-hydroxylation sites is 2. The van der Waals surface area contributed by atoms with E-state index in [9.17, 15) is 13.2 Å². The highest BCUT2D eigenvalue weighted by atomic mass is 35.5. The summed E-state index contributed by atoms with van der Waals surface area (Å²) in [6.45, 7) is 9.72. The number of hydrogen-bond donors (Lipinski definition) is 1. The number of anilines is 1. The number of rotatable bonds is 10. The summed E-state index contributed by atoms with van der Waals surface area (Å²) in [5, 5.41) is 4.55. The minimum atomic E-state index is -4.15. The molecule has 214 valence electrons. The molecular formula is C31H33ClN4O4S. The fourth-order valence-electron chi connectivity index (χ4n) is 4.56. The Hall–Kier alpha value is -4.08. The van der Waals surface area contributed by atoms with Crippen molar-refractivity contribution in [3.05, 3.63) is 106 Å². The van der Waals surface area contributed by atoms with E-state index < -0.39 is 22.5 Å². The molecule has 8 nitrogen and oxygen atoms in total. The SMILES string of the molecule is CCOc1ccccc1N(CC(=O)N/N=C\c1cc(C)n(-c2cc(C)ccc2C)c1C)S(=O)(=O)c1ccc(Cl)cc1. The van der Waals surface area contributed by atoms with Crippen LogP contribution in [0.1, 0.15) is 35.0 Å². The van der Waals surface area contributed by atoms with Gasteiger partial charge in [0.1, 0.15) is 12.3 Å². The molecule has 0 atom stereocenters. The van der Waals surface area contributed by atoms with Gasteiger partial charge in [-0.15, -0.1) is 0 Å². The monoisotopic (exact) mass is 592 g/mol. The van der Waals surface area contributed by atoms with Gasteiger partial charge in [-0.05, 0) is 94.3 Å². The molecule has 1 aromatic heterocycles. The summed E-state index contributed by atoms with van der Waals surface area (Å²) < 4.78 is 36.3. The number of carbonyl (C=O) groups is 1. The smallest absolute Gasteiger partial charge is 0.264 e. The molecule has 1 heterocycles. The van der Waals surface area contributed by atoms with E-state index in [-0.39, 0.29) is 10.6 Å². The molecule has 4 rings (SSSR count). The van der Waals surface area contributed by atoms with Gasteiger partial charge in [0, 0.05) is 27.7 Å².